The number of aliphatic hydroxyl groups is 1. The molecule has 2 saturated heterocycles. The van der Waals surface area contributed by atoms with Crippen LogP contribution in [0.4, 0.5) is 5.82 Å². The van der Waals surface area contributed by atoms with Gasteiger partial charge in [-0.3, -0.25) is 4.57 Å². The molecule has 2 radical (unpaired) electrons. The lowest BCUT2D eigenvalue weighted by molar-refractivity contribution is -0.0629. The van der Waals surface area contributed by atoms with Gasteiger partial charge in [0.15, 0.2) is 12.3 Å². The monoisotopic (exact) mass is 300 g/mol. The number of nitrogen functional groups attached to an aromatic ring is 1. The minimum atomic E-state index is -3.44. The summed E-state index contributed by atoms with van der Waals surface area (Å²) in [6.45, 7) is -0.0316. The molecule has 3 rings (SSSR count). The number of hydrogen-bond acceptors (Lipinski definition) is 8. The van der Waals surface area contributed by atoms with Gasteiger partial charge in [-0.2, -0.15) is 14.0 Å². The highest BCUT2D eigenvalue weighted by molar-refractivity contribution is 7.85. The molecule has 1 aromatic rings. The van der Waals surface area contributed by atoms with Gasteiger partial charge in [0.05, 0.1) is 0 Å². The first-order chi connectivity index (χ1) is 9.37. The highest BCUT2D eigenvalue weighted by Gasteiger charge is 2.56. The standard InChI is InChI=1S/C9H12BN3O6P/c10-20(16)17-3-4-7(19-20)6(14)8(18-4)13-2-1-5(11)12-9(13)15/h1-2,4,6-8,14,16H,3H2,(H2,11,12,15)/q+1/t4?,6-,7+,8?,20?/m0/s1. The second-order valence-electron chi connectivity index (χ2n) is 4.53. The maximum Gasteiger partial charge on any atom is 0.488 e. The van der Waals surface area contributed by atoms with Crippen molar-refractivity contribution in [1.82, 2.24) is 9.55 Å². The molecule has 9 nitrogen and oxygen atoms in total. The first-order valence-electron chi connectivity index (χ1n) is 5.79. The Morgan fingerprint density at radius 3 is 3.05 bits per heavy atom. The molecule has 0 aliphatic carbocycles. The molecule has 0 bridgehead atoms. The Hall–Kier alpha value is -1.03. The summed E-state index contributed by atoms with van der Waals surface area (Å²) in [7, 11) is 1.94. The predicted molar refractivity (Wildman–Crippen MR) is 68.5 cm³/mol. The van der Waals surface area contributed by atoms with Gasteiger partial charge in [0.2, 0.25) is 0 Å². The van der Waals surface area contributed by atoms with Crippen molar-refractivity contribution in [3.63, 3.8) is 0 Å². The van der Waals surface area contributed by atoms with Crippen molar-refractivity contribution in [3.8, 4) is 0 Å². The van der Waals surface area contributed by atoms with E-state index in [9.17, 15) is 14.8 Å². The Labute approximate surface area is 115 Å². The molecule has 106 valence electrons. The van der Waals surface area contributed by atoms with E-state index in [-0.39, 0.29) is 12.4 Å². The molecular weight excluding hydrogens is 288 g/mol. The number of aromatic nitrogens is 2. The first kappa shape index (κ1) is 13.9. The lowest BCUT2D eigenvalue weighted by Crippen LogP contribution is -2.41. The molecule has 5 atom stereocenters. The molecule has 20 heavy (non-hydrogen) atoms. The van der Waals surface area contributed by atoms with Crippen molar-refractivity contribution in [2.75, 3.05) is 12.3 Å². The molecule has 2 aliphatic heterocycles. The van der Waals surface area contributed by atoms with Gasteiger partial charge in [0, 0.05) is 6.20 Å². The summed E-state index contributed by atoms with van der Waals surface area (Å²) in [6, 6.07) is 1.41. The maximum atomic E-state index is 11.7. The molecule has 0 spiro atoms. The minimum absolute atomic E-state index is 0.0316. The third-order valence-corrected chi connectivity index (χ3v) is 4.20. The highest BCUT2D eigenvalue weighted by Crippen LogP contribution is 2.58. The smallest absolute Gasteiger partial charge is 0.385 e. The molecule has 0 amide bonds. The second kappa shape index (κ2) is 4.76. The van der Waals surface area contributed by atoms with Crippen molar-refractivity contribution < 1.29 is 23.8 Å². The Kier molecular flexibility index (Phi) is 3.32. The van der Waals surface area contributed by atoms with Crippen molar-refractivity contribution in [2.24, 2.45) is 0 Å². The van der Waals surface area contributed by atoms with Crippen molar-refractivity contribution in [2.45, 2.75) is 24.5 Å². The summed E-state index contributed by atoms with van der Waals surface area (Å²) in [5, 5.41) is 10.2. The van der Waals surface area contributed by atoms with Crippen LogP contribution in [0.25, 0.3) is 0 Å². The molecule has 11 heteroatoms. The van der Waals surface area contributed by atoms with E-state index in [0.29, 0.717) is 0 Å². The third kappa shape index (κ3) is 2.35. The molecule has 3 unspecified atom stereocenters. The van der Waals surface area contributed by atoms with Gasteiger partial charge in [0.1, 0.15) is 24.6 Å². The fourth-order valence-corrected chi connectivity index (χ4v) is 3.25. The van der Waals surface area contributed by atoms with E-state index in [1.54, 1.807) is 0 Å². The van der Waals surface area contributed by atoms with E-state index in [1.807, 2.05) is 0 Å². The SMILES string of the molecule is [B][P+]1(O)OCC2OC(n3ccc(N)nc3=O)[C@@H](O)[C@@H]2O1. The van der Waals surface area contributed by atoms with Crippen LogP contribution in [0.15, 0.2) is 17.1 Å². The minimum Gasteiger partial charge on any atom is -0.385 e. The number of anilines is 1. The summed E-state index contributed by atoms with van der Waals surface area (Å²) in [5.74, 6) is 0.0676. The number of fused-ring (bicyclic) bond motifs is 1. The zero-order valence-corrected chi connectivity index (χ0v) is 11.1. The van der Waals surface area contributed by atoms with E-state index in [2.05, 4.69) is 4.98 Å². The summed E-state index contributed by atoms with van der Waals surface area (Å²) in [5.41, 5.74) is 4.74. The number of nitrogens with zero attached hydrogens (tertiary/aromatic N) is 2. The molecule has 2 fully saturated rings. The summed E-state index contributed by atoms with van der Waals surface area (Å²) >= 11 is 0. The van der Waals surface area contributed by atoms with Gasteiger partial charge in [-0.15, -0.1) is 0 Å². The van der Waals surface area contributed by atoms with Gasteiger partial charge in [-0.25, -0.2) is 9.69 Å². The highest BCUT2D eigenvalue weighted by atomic mass is 31.2. The lowest BCUT2D eigenvalue weighted by atomic mass is 10.1. The second-order valence-corrected chi connectivity index (χ2v) is 6.13. The van der Waals surface area contributed by atoms with Crippen LogP contribution >= 0.6 is 7.82 Å². The lowest BCUT2D eigenvalue weighted by Gasteiger charge is -2.27. The Balaban J connectivity index is 1.88. The fourth-order valence-electron chi connectivity index (χ4n) is 2.22. The average molecular weight is 300 g/mol. The molecule has 2 aliphatic rings. The molecule has 4 N–H and O–H groups in total. The molecule has 0 saturated carbocycles. The van der Waals surface area contributed by atoms with Crippen LogP contribution in [-0.4, -0.2) is 52.0 Å². The van der Waals surface area contributed by atoms with Crippen LogP contribution in [0.3, 0.4) is 0 Å². The predicted octanol–water partition coefficient (Wildman–Crippen LogP) is -1.66. The van der Waals surface area contributed by atoms with E-state index in [4.69, 9.17) is 27.1 Å². The largest absolute Gasteiger partial charge is 0.488 e. The zero-order valence-electron chi connectivity index (χ0n) is 10.2. The average Bonchev–Trinajstić information content (AvgIpc) is 2.66. The van der Waals surface area contributed by atoms with Crippen molar-refractivity contribution in [3.05, 3.63) is 22.7 Å². The van der Waals surface area contributed by atoms with E-state index < -0.39 is 38.1 Å². The van der Waals surface area contributed by atoms with Gasteiger partial charge in [0.25, 0.3) is 0 Å². The summed E-state index contributed by atoms with van der Waals surface area (Å²) < 4.78 is 16.6. The summed E-state index contributed by atoms with van der Waals surface area (Å²) in [4.78, 5) is 24.9. The van der Waals surface area contributed by atoms with Crippen LogP contribution in [0.1, 0.15) is 6.23 Å². The Morgan fingerprint density at radius 1 is 1.60 bits per heavy atom. The number of ether oxygens (including phenoxy) is 1. The van der Waals surface area contributed by atoms with E-state index in [1.165, 1.54) is 12.3 Å². The third-order valence-electron chi connectivity index (χ3n) is 3.13. The van der Waals surface area contributed by atoms with Crippen molar-refractivity contribution in [1.29, 1.82) is 0 Å². The quantitative estimate of drug-likeness (QED) is 0.415. The van der Waals surface area contributed by atoms with E-state index >= 15 is 0 Å². The number of nitrogens with two attached hydrogens (primary N) is 1. The van der Waals surface area contributed by atoms with Crippen LogP contribution in [-0.2, 0) is 13.8 Å². The van der Waals surface area contributed by atoms with Gasteiger partial charge in [-0.1, -0.05) is 0 Å². The fraction of sp³-hybridized carbons (Fsp3) is 0.556. The molecule has 3 heterocycles. The van der Waals surface area contributed by atoms with Crippen LogP contribution in [0.2, 0.25) is 0 Å². The van der Waals surface area contributed by atoms with Gasteiger partial charge >= 0.3 is 21.1 Å². The van der Waals surface area contributed by atoms with Gasteiger partial charge < -0.3 is 15.6 Å². The van der Waals surface area contributed by atoms with E-state index in [0.717, 1.165) is 4.57 Å². The number of aliphatic hydroxyl groups excluding tert-OH is 1. The van der Waals surface area contributed by atoms with Crippen LogP contribution in [0, 0.1) is 0 Å². The maximum absolute atomic E-state index is 11.7. The topological polar surface area (TPSA) is 129 Å². The zero-order chi connectivity index (χ0) is 14.5. The first-order valence-corrected chi connectivity index (χ1v) is 7.43. The molecule has 0 aromatic carbocycles. The number of hydrogen-bond donors (Lipinski definition) is 3. The normalized spacial score (nSPS) is 40.5. The Morgan fingerprint density at radius 2 is 2.35 bits per heavy atom. The molecule has 1 aromatic heterocycles. The van der Waals surface area contributed by atoms with Crippen LogP contribution < -0.4 is 11.4 Å². The van der Waals surface area contributed by atoms with Crippen molar-refractivity contribution >= 4 is 21.2 Å². The van der Waals surface area contributed by atoms with Crippen LogP contribution in [0.5, 0.6) is 0 Å². The molecular formula is C9H12BN3O6P+. The summed E-state index contributed by atoms with van der Waals surface area (Å²) in [6.07, 6.45) is -2.35. The van der Waals surface area contributed by atoms with Gasteiger partial charge in [-0.05, 0) is 6.07 Å². The Bertz CT molecular complexity index is 583. The number of rotatable bonds is 1.